The van der Waals surface area contributed by atoms with Gasteiger partial charge < -0.3 is 14.8 Å². The van der Waals surface area contributed by atoms with Crippen molar-refractivity contribution in [2.24, 2.45) is 5.92 Å². The van der Waals surface area contributed by atoms with E-state index < -0.39 is 0 Å². The Morgan fingerprint density at radius 2 is 2.12 bits per heavy atom. The molecule has 1 aliphatic heterocycles. The molecule has 1 N–H and O–H groups in total. The normalized spacial score (nSPS) is 33.4. The third-order valence-corrected chi connectivity index (χ3v) is 3.31. The summed E-state index contributed by atoms with van der Waals surface area (Å²) < 4.78 is 10.5. The van der Waals surface area contributed by atoms with Gasteiger partial charge in [-0.15, -0.1) is 0 Å². The highest BCUT2D eigenvalue weighted by atomic mass is 16.5. The van der Waals surface area contributed by atoms with Crippen LogP contribution in [0.5, 0.6) is 0 Å². The van der Waals surface area contributed by atoms with Crippen LogP contribution in [0.2, 0.25) is 0 Å². The molecule has 0 spiro atoms. The van der Waals surface area contributed by atoms with Crippen molar-refractivity contribution in [1.29, 1.82) is 0 Å². The fourth-order valence-electron chi connectivity index (χ4n) is 2.50. The van der Waals surface area contributed by atoms with Gasteiger partial charge in [-0.25, -0.2) is 0 Å². The lowest BCUT2D eigenvalue weighted by Gasteiger charge is -2.36. The monoisotopic (exact) mass is 225 g/mol. The molecule has 4 nitrogen and oxygen atoms in total. The highest BCUT2D eigenvalue weighted by molar-refractivity contribution is 5.66. The van der Waals surface area contributed by atoms with Crippen LogP contribution in [0.3, 0.4) is 0 Å². The molecule has 0 aromatic carbocycles. The van der Waals surface area contributed by atoms with Crippen LogP contribution in [0.15, 0.2) is 11.8 Å². The molecule has 90 valence electrons. The molecular formula is C12H19NO3. The van der Waals surface area contributed by atoms with Crippen LogP contribution in [0.1, 0.15) is 32.6 Å². The zero-order chi connectivity index (χ0) is 11.5. The van der Waals surface area contributed by atoms with Crippen LogP contribution in [0.4, 0.5) is 0 Å². The van der Waals surface area contributed by atoms with E-state index in [1.54, 1.807) is 7.11 Å². The second kappa shape index (κ2) is 4.87. The average molecular weight is 225 g/mol. The third-order valence-electron chi connectivity index (χ3n) is 3.31. The van der Waals surface area contributed by atoms with E-state index in [1.165, 1.54) is 12.6 Å². The van der Waals surface area contributed by atoms with Crippen LogP contribution in [0, 0.1) is 5.92 Å². The molecule has 1 fully saturated rings. The van der Waals surface area contributed by atoms with Crippen molar-refractivity contribution in [2.75, 3.05) is 7.11 Å². The first-order valence-electron chi connectivity index (χ1n) is 5.87. The van der Waals surface area contributed by atoms with Crippen LogP contribution in [-0.2, 0) is 14.3 Å². The van der Waals surface area contributed by atoms with E-state index in [4.69, 9.17) is 9.47 Å². The third kappa shape index (κ3) is 2.55. The minimum atomic E-state index is -0.209. The molecule has 1 heterocycles. The number of methoxy groups -OCH3 is 1. The lowest BCUT2D eigenvalue weighted by atomic mass is 9.84. The van der Waals surface area contributed by atoms with Crippen LogP contribution in [-0.4, -0.2) is 25.4 Å². The lowest BCUT2D eigenvalue weighted by molar-refractivity contribution is -0.144. The fraction of sp³-hybridized carbons (Fsp3) is 0.750. The van der Waals surface area contributed by atoms with Gasteiger partial charge in [-0.05, 0) is 37.7 Å². The van der Waals surface area contributed by atoms with Gasteiger partial charge in [-0.2, -0.15) is 0 Å². The molecular weight excluding hydrogens is 206 g/mol. The number of carbonyl (C=O) groups excluding carboxylic acids is 1. The van der Waals surface area contributed by atoms with Gasteiger partial charge in [0.1, 0.15) is 12.3 Å². The Labute approximate surface area is 96.0 Å². The van der Waals surface area contributed by atoms with Crippen molar-refractivity contribution in [1.82, 2.24) is 5.32 Å². The molecule has 1 saturated heterocycles. The predicted molar refractivity (Wildman–Crippen MR) is 59.5 cm³/mol. The number of piperidine rings is 1. The fourth-order valence-corrected chi connectivity index (χ4v) is 2.50. The first kappa shape index (κ1) is 11.5. The summed E-state index contributed by atoms with van der Waals surface area (Å²) >= 11 is 0. The average Bonchev–Trinajstić information content (AvgIpc) is 2.27. The number of carbonyl (C=O) groups is 1. The summed E-state index contributed by atoms with van der Waals surface area (Å²) in [4.78, 5) is 10.9. The molecule has 4 heteroatoms. The molecule has 3 unspecified atom stereocenters. The Morgan fingerprint density at radius 1 is 1.38 bits per heavy atom. The molecule has 2 aliphatic rings. The summed E-state index contributed by atoms with van der Waals surface area (Å²) in [6, 6.07) is 0. The lowest BCUT2D eigenvalue weighted by Crippen LogP contribution is -2.40. The minimum absolute atomic E-state index is 0.0631. The van der Waals surface area contributed by atoms with E-state index in [9.17, 15) is 4.79 Å². The van der Waals surface area contributed by atoms with Gasteiger partial charge in [0.05, 0.1) is 0 Å². The number of hydrogen-bond donors (Lipinski definition) is 1. The molecule has 0 bridgehead atoms. The van der Waals surface area contributed by atoms with Crippen molar-refractivity contribution < 1.29 is 14.3 Å². The second-order valence-corrected chi connectivity index (χ2v) is 4.49. The van der Waals surface area contributed by atoms with Crippen molar-refractivity contribution in [3.63, 3.8) is 0 Å². The van der Waals surface area contributed by atoms with Crippen molar-refractivity contribution >= 4 is 5.97 Å². The number of rotatable bonds is 2. The second-order valence-electron chi connectivity index (χ2n) is 4.49. The number of nitrogens with one attached hydrogen (secondary N) is 1. The van der Waals surface area contributed by atoms with Gasteiger partial charge in [0, 0.05) is 19.7 Å². The number of ether oxygens (including phenoxy) is 2. The van der Waals surface area contributed by atoms with Gasteiger partial charge in [0.25, 0.3) is 0 Å². The highest BCUT2D eigenvalue weighted by Crippen LogP contribution is 2.32. The van der Waals surface area contributed by atoms with Gasteiger partial charge in [0.15, 0.2) is 0 Å². The van der Waals surface area contributed by atoms with Gasteiger partial charge >= 0.3 is 5.97 Å². The summed E-state index contributed by atoms with van der Waals surface area (Å²) in [5.41, 5.74) is 1.19. The van der Waals surface area contributed by atoms with Crippen LogP contribution in [0.25, 0.3) is 0 Å². The molecule has 2 rings (SSSR count). The molecule has 0 amide bonds. The molecule has 0 aromatic heterocycles. The Hall–Kier alpha value is -1.03. The molecule has 0 saturated carbocycles. The first-order valence-corrected chi connectivity index (χ1v) is 5.87. The summed E-state index contributed by atoms with van der Waals surface area (Å²) in [6.07, 6.45) is 6.33. The topological polar surface area (TPSA) is 47.6 Å². The molecule has 0 aromatic rings. The van der Waals surface area contributed by atoms with E-state index in [-0.39, 0.29) is 18.3 Å². The van der Waals surface area contributed by atoms with Gasteiger partial charge in [0.2, 0.25) is 0 Å². The van der Waals surface area contributed by atoms with E-state index >= 15 is 0 Å². The Bertz CT molecular complexity index is 301. The van der Waals surface area contributed by atoms with Crippen molar-refractivity contribution in [3.05, 3.63) is 11.8 Å². The zero-order valence-electron chi connectivity index (χ0n) is 9.86. The smallest absolute Gasteiger partial charge is 0.303 e. The molecule has 1 aliphatic carbocycles. The molecule has 16 heavy (non-hydrogen) atoms. The van der Waals surface area contributed by atoms with E-state index in [1.807, 2.05) is 6.08 Å². The van der Waals surface area contributed by atoms with E-state index in [2.05, 4.69) is 5.32 Å². The summed E-state index contributed by atoms with van der Waals surface area (Å²) in [5.74, 6) is 0.387. The van der Waals surface area contributed by atoms with E-state index in [0.717, 1.165) is 25.7 Å². The minimum Gasteiger partial charge on any atom is -0.458 e. The maximum absolute atomic E-state index is 10.9. The largest absolute Gasteiger partial charge is 0.458 e. The van der Waals surface area contributed by atoms with Crippen LogP contribution >= 0.6 is 0 Å². The van der Waals surface area contributed by atoms with Crippen molar-refractivity contribution in [2.45, 2.75) is 44.9 Å². The SMILES string of the molecule is COC1CCC2CCC(OC(C)=O)C=C2N1. The van der Waals surface area contributed by atoms with Crippen LogP contribution < -0.4 is 5.32 Å². The Morgan fingerprint density at radius 3 is 2.81 bits per heavy atom. The summed E-state index contributed by atoms with van der Waals surface area (Å²) in [5, 5.41) is 3.36. The van der Waals surface area contributed by atoms with Gasteiger partial charge in [-0.1, -0.05) is 0 Å². The number of fused-ring (bicyclic) bond motifs is 1. The number of esters is 1. The van der Waals surface area contributed by atoms with Gasteiger partial charge in [-0.3, -0.25) is 4.79 Å². The first-order chi connectivity index (χ1) is 7.69. The molecule has 3 atom stereocenters. The Balaban J connectivity index is 2.01. The van der Waals surface area contributed by atoms with Crippen molar-refractivity contribution in [3.8, 4) is 0 Å². The maximum Gasteiger partial charge on any atom is 0.303 e. The maximum atomic E-state index is 10.9. The summed E-state index contributed by atoms with van der Waals surface area (Å²) in [6.45, 7) is 1.46. The number of hydrogen-bond acceptors (Lipinski definition) is 4. The highest BCUT2D eigenvalue weighted by Gasteiger charge is 2.29. The standard InChI is InChI=1S/C12H19NO3/c1-8(14)16-10-5-3-9-4-6-12(15-2)13-11(9)7-10/h7,9-10,12-13H,3-6H2,1-2H3. The Kier molecular flexibility index (Phi) is 3.49. The quantitative estimate of drug-likeness (QED) is 0.725. The number of allylic oxidation sites excluding steroid dienone is 1. The molecule has 0 radical (unpaired) electrons. The zero-order valence-corrected chi connectivity index (χ0v) is 9.86. The summed E-state index contributed by atoms with van der Waals surface area (Å²) in [7, 11) is 1.71. The predicted octanol–water partition coefficient (Wildman–Crippen LogP) is 1.57. The van der Waals surface area contributed by atoms with E-state index in [0.29, 0.717) is 5.92 Å².